The number of halogens is 2. The van der Waals surface area contributed by atoms with Gasteiger partial charge in [-0.15, -0.1) is 0 Å². The van der Waals surface area contributed by atoms with E-state index < -0.39 is 0 Å². The van der Waals surface area contributed by atoms with Gasteiger partial charge in [-0.05, 0) is 42.4 Å². The van der Waals surface area contributed by atoms with Crippen LogP contribution in [-0.2, 0) is 17.8 Å². The predicted molar refractivity (Wildman–Crippen MR) is 136 cm³/mol. The van der Waals surface area contributed by atoms with Gasteiger partial charge < -0.3 is 15.0 Å². The van der Waals surface area contributed by atoms with Crippen LogP contribution in [0.25, 0.3) is 11.1 Å². The molecule has 4 rings (SSSR count). The number of amides is 1. The second-order valence-electron chi connectivity index (χ2n) is 8.89. The minimum absolute atomic E-state index is 0.0817. The molecule has 1 aliphatic rings. The number of hydrogen-bond donors (Lipinski definition) is 1. The number of pyridine rings is 1. The molecular weight excluding hydrogens is 462 g/mol. The van der Waals surface area contributed by atoms with Crippen LogP contribution in [0.4, 0.5) is 8.78 Å². The first-order chi connectivity index (χ1) is 17.5. The van der Waals surface area contributed by atoms with E-state index in [2.05, 4.69) is 27.0 Å². The summed E-state index contributed by atoms with van der Waals surface area (Å²) in [5, 5.41) is 2.75. The van der Waals surface area contributed by atoms with Gasteiger partial charge in [-0.25, -0.2) is 8.78 Å². The van der Waals surface area contributed by atoms with Gasteiger partial charge in [-0.3, -0.25) is 14.7 Å². The first-order valence-electron chi connectivity index (χ1n) is 12.3. The molecule has 2 aromatic carbocycles. The average Bonchev–Trinajstić information content (AvgIpc) is 2.89. The lowest BCUT2D eigenvalue weighted by Crippen LogP contribution is -2.47. The molecule has 0 radical (unpaired) electrons. The van der Waals surface area contributed by atoms with Gasteiger partial charge in [0.05, 0.1) is 6.42 Å². The van der Waals surface area contributed by atoms with Crippen molar-refractivity contribution in [2.24, 2.45) is 0 Å². The van der Waals surface area contributed by atoms with Crippen molar-refractivity contribution >= 4 is 5.91 Å². The van der Waals surface area contributed by atoms with Crippen molar-refractivity contribution in [1.29, 1.82) is 0 Å². The van der Waals surface area contributed by atoms with E-state index in [1.165, 1.54) is 18.2 Å². The van der Waals surface area contributed by atoms with Crippen molar-refractivity contribution < 1.29 is 18.3 Å². The highest BCUT2D eigenvalue weighted by Crippen LogP contribution is 2.26. The summed E-state index contributed by atoms with van der Waals surface area (Å²) in [6.07, 6.45) is 1.64. The van der Waals surface area contributed by atoms with E-state index >= 15 is 0 Å². The highest BCUT2D eigenvalue weighted by molar-refractivity contribution is 5.78. The van der Waals surface area contributed by atoms with Gasteiger partial charge >= 0.3 is 0 Å². The van der Waals surface area contributed by atoms with Gasteiger partial charge in [-0.2, -0.15) is 0 Å². The Hall–Kier alpha value is -3.36. The zero-order valence-electron chi connectivity index (χ0n) is 20.6. The summed E-state index contributed by atoms with van der Waals surface area (Å²) in [7, 11) is 0. The highest BCUT2D eigenvalue weighted by atomic mass is 19.1. The topological polar surface area (TPSA) is 57.7 Å². The molecule has 2 heterocycles. The van der Waals surface area contributed by atoms with E-state index in [0.717, 1.165) is 39.3 Å². The van der Waals surface area contributed by atoms with Gasteiger partial charge in [-0.1, -0.05) is 25.1 Å². The Labute approximate surface area is 210 Å². The molecular formula is C28H32F2N4O2. The van der Waals surface area contributed by atoms with E-state index in [0.29, 0.717) is 34.7 Å². The average molecular weight is 495 g/mol. The Bertz CT molecular complexity index is 1150. The molecule has 8 heteroatoms. The smallest absolute Gasteiger partial charge is 0.226 e. The van der Waals surface area contributed by atoms with Gasteiger partial charge in [0, 0.05) is 68.4 Å². The maximum absolute atomic E-state index is 14.8. The predicted octanol–water partition coefficient (Wildman–Crippen LogP) is 3.90. The van der Waals surface area contributed by atoms with E-state index in [-0.39, 0.29) is 30.5 Å². The lowest BCUT2D eigenvalue weighted by molar-refractivity contribution is -0.120. The lowest BCUT2D eigenvalue weighted by atomic mass is 10.1. The molecule has 1 fully saturated rings. The third-order valence-electron chi connectivity index (χ3n) is 6.39. The van der Waals surface area contributed by atoms with Crippen molar-refractivity contribution in [2.75, 3.05) is 45.9 Å². The Balaban J connectivity index is 1.25. The number of carbonyl (C=O) groups is 1. The molecule has 0 spiro atoms. The first-order valence-corrected chi connectivity index (χ1v) is 12.3. The molecule has 190 valence electrons. The number of ether oxygens (including phenoxy) is 1. The molecule has 36 heavy (non-hydrogen) atoms. The Morgan fingerprint density at radius 2 is 1.83 bits per heavy atom. The number of nitrogens with zero attached hydrogens (tertiary/aromatic N) is 3. The van der Waals surface area contributed by atoms with Crippen LogP contribution in [-0.4, -0.2) is 66.6 Å². The molecule has 3 aromatic rings. The number of aromatic nitrogens is 1. The standard InChI is InChI=1S/C28H32F2N4O2/c1-2-33-10-12-34(13-11-33)14-15-36-25-8-9-26(27(30)18-25)22-6-7-24(31-20-22)17-28(35)32-19-21-4-3-5-23(29)16-21/h3-9,16,18,20H,2,10-15,17,19H2,1H3,(H,32,35). The van der Waals surface area contributed by atoms with Crippen molar-refractivity contribution in [3.63, 3.8) is 0 Å². The minimum atomic E-state index is -0.383. The molecule has 1 aromatic heterocycles. The van der Waals surface area contributed by atoms with Crippen LogP contribution in [0.5, 0.6) is 5.75 Å². The summed E-state index contributed by atoms with van der Waals surface area (Å²) in [5.41, 5.74) is 2.30. The second kappa shape index (κ2) is 12.6. The normalized spacial score (nSPS) is 14.5. The molecule has 0 saturated carbocycles. The SMILES string of the molecule is CCN1CCN(CCOc2ccc(-c3ccc(CC(=O)NCc4cccc(F)c4)nc3)c(F)c2)CC1. The summed E-state index contributed by atoms with van der Waals surface area (Å²) in [6, 6.07) is 14.4. The fraction of sp³-hybridized carbons (Fsp3) is 0.357. The number of carbonyl (C=O) groups excluding carboxylic acids is 1. The van der Waals surface area contributed by atoms with E-state index in [1.54, 1.807) is 42.6 Å². The maximum atomic E-state index is 14.8. The zero-order chi connectivity index (χ0) is 25.3. The van der Waals surface area contributed by atoms with Crippen LogP contribution in [0.1, 0.15) is 18.2 Å². The van der Waals surface area contributed by atoms with Gasteiger partial charge in [0.1, 0.15) is 24.0 Å². The van der Waals surface area contributed by atoms with E-state index in [9.17, 15) is 13.6 Å². The van der Waals surface area contributed by atoms with Gasteiger partial charge in [0.2, 0.25) is 5.91 Å². The third-order valence-corrected chi connectivity index (χ3v) is 6.39. The summed E-state index contributed by atoms with van der Waals surface area (Å²) in [5.74, 6) is -0.444. The Morgan fingerprint density at radius 3 is 2.53 bits per heavy atom. The molecule has 0 bridgehead atoms. The van der Waals surface area contributed by atoms with E-state index in [1.807, 2.05) is 0 Å². The fourth-order valence-electron chi connectivity index (χ4n) is 4.20. The summed E-state index contributed by atoms with van der Waals surface area (Å²) in [6.45, 7) is 9.05. The number of piperazine rings is 1. The molecule has 0 unspecified atom stereocenters. The number of hydrogen-bond acceptors (Lipinski definition) is 5. The molecule has 0 atom stereocenters. The quantitative estimate of drug-likeness (QED) is 0.463. The van der Waals surface area contributed by atoms with Crippen LogP contribution in [0.2, 0.25) is 0 Å². The van der Waals surface area contributed by atoms with Crippen LogP contribution >= 0.6 is 0 Å². The van der Waals surface area contributed by atoms with E-state index in [4.69, 9.17) is 4.74 Å². The highest BCUT2D eigenvalue weighted by Gasteiger charge is 2.15. The first kappa shape index (κ1) is 25.7. The van der Waals surface area contributed by atoms with Crippen LogP contribution in [0.15, 0.2) is 60.8 Å². The molecule has 1 N–H and O–H groups in total. The van der Waals surface area contributed by atoms with Crippen LogP contribution < -0.4 is 10.1 Å². The molecule has 1 amide bonds. The Morgan fingerprint density at radius 1 is 1.03 bits per heavy atom. The number of benzene rings is 2. The van der Waals surface area contributed by atoms with Crippen molar-refractivity contribution in [1.82, 2.24) is 20.1 Å². The number of nitrogens with one attached hydrogen (secondary N) is 1. The lowest BCUT2D eigenvalue weighted by Gasteiger charge is -2.33. The maximum Gasteiger partial charge on any atom is 0.226 e. The summed E-state index contributed by atoms with van der Waals surface area (Å²) in [4.78, 5) is 21.3. The second-order valence-corrected chi connectivity index (χ2v) is 8.89. The fourth-order valence-corrected chi connectivity index (χ4v) is 4.20. The third kappa shape index (κ3) is 7.32. The Kier molecular flexibility index (Phi) is 8.97. The summed E-state index contributed by atoms with van der Waals surface area (Å²) < 4.78 is 33.8. The summed E-state index contributed by atoms with van der Waals surface area (Å²) >= 11 is 0. The van der Waals surface area contributed by atoms with Gasteiger partial charge in [0.25, 0.3) is 0 Å². The van der Waals surface area contributed by atoms with Crippen molar-refractivity contribution in [2.45, 2.75) is 19.9 Å². The monoisotopic (exact) mass is 494 g/mol. The number of likely N-dealkylation sites (N-methyl/N-ethyl adjacent to an activating group) is 1. The van der Waals surface area contributed by atoms with Crippen molar-refractivity contribution in [3.05, 3.63) is 83.7 Å². The molecule has 1 aliphatic heterocycles. The van der Waals surface area contributed by atoms with Gasteiger partial charge in [0.15, 0.2) is 0 Å². The molecule has 0 aliphatic carbocycles. The molecule has 6 nitrogen and oxygen atoms in total. The zero-order valence-corrected chi connectivity index (χ0v) is 20.6. The number of rotatable bonds is 10. The van der Waals surface area contributed by atoms with Crippen LogP contribution in [0, 0.1) is 11.6 Å². The molecule has 1 saturated heterocycles. The van der Waals surface area contributed by atoms with Crippen LogP contribution in [0.3, 0.4) is 0 Å². The largest absolute Gasteiger partial charge is 0.492 e. The van der Waals surface area contributed by atoms with Crippen molar-refractivity contribution in [3.8, 4) is 16.9 Å². The minimum Gasteiger partial charge on any atom is -0.492 e.